The molecule has 2 aromatic carbocycles. The van der Waals surface area contributed by atoms with Crippen LogP contribution < -0.4 is 16.2 Å². The van der Waals surface area contributed by atoms with Gasteiger partial charge in [-0.05, 0) is 62.7 Å². The average Bonchev–Trinajstić information content (AvgIpc) is 2.69. The lowest BCUT2D eigenvalue weighted by atomic mass is 9.95. The minimum Gasteiger partial charge on any atom is -0.388 e. The number of nitriles is 1. The molecule has 1 unspecified atom stereocenters. The molecule has 0 heterocycles. The second-order valence-corrected chi connectivity index (χ2v) is 7.45. The molecule has 7 nitrogen and oxygen atoms in total. The van der Waals surface area contributed by atoms with Crippen LogP contribution in [0.3, 0.4) is 0 Å². The van der Waals surface area contributed by atoms with Crippen LogP contribution in [0.4, 0.5) is 23.2 Å². The molecule has 0 fully saturated rings. The quantitative estimate of drug-likeness (QED) is 0.411. The number of hydrogen-bond acceptors (Lipinski definition) is 5. The Morgan fingerprint density at radius 2 is 1.66 bits per heavy atom. The van der Waals surface area contributed by atoms with Crippen molar-refractivity contribution in [1.82, 2.24) is 10.9 Å². The van der Waals surface area contributed by atoms with Crippen LogP contribution in [-0.2, 0) is 11.0 Å². The van der Waals surface area contributed by atoms with Crippen LogP contribution in [0.5, 0.6) is 0 Å². The van der Waals surface area contributed by atoms with Crippen molar-refractivity contribution >= 4 is 17.5 Å². The van der Waals surface area contributed by atoms with E-state index in [9.17, 15) is 32.3 Å². The van der Waals surface area contributed by atoms with Crippen molar-refractivity contribution in [3.05, 3.63) is 64.5 Å². The van der Waals surface area contributed by atoms with E-state index in [4.69, 9.17) is 5.26 Å². The highest BCUT2D eigenvalue weighted by Gasteiger charge is 2.38. The monoisotopic (exact) mass is 452 g/mol. The number of alkyl halides is 3. The third-order valence-corrected chi connectivity index (χ3v) is 4.54. The van der Waals surface area contributed by atoms with E-state index in [1.54, 1.807) is 0 Å². The number of benzene rings is 2. The average molecular weight is 452 g/mol. The first-order chi connectivity index (χ1) is 14.8. The fourth-order valence-electron chi connectivity index (χ4n) is 2.91. The van der Waals surface area contributed by atoms with E-state index >= 15 is 0 Å². The number of amides is 2. The van der Waals surface area contributed by atoms with E-state index in [-0.39, 0.29) is 16.8 Å². The number of carbonyl (C=O) groups is 2. The summed E-state index contributed by atoms with van der Waals surface area (Å²) in [6, 6.07) is 6.58. The van der Waals surface area contributed by atoms with E-state index < -0.39 is 46.6 Å². The van der Waals surface area contributed by atoms with E-state index in [1.165, 1.54) is 38.1 Å². The Balaban J connectivity index is 2.26. The second-order valence-electron chi connectivity index (χ2n) is 7.45. The summed E-state index contributed by atoms with van der Waals surface area (Å²) in [5, 5.41) is 21.9. The van der Waals surface area contributed by atoms with Gasteiger partial charge in [-0.25, -0.2) is 4.39 Å². The van der Waals surface area contributed by atoms with Gasteiger partial charge in [0.1, 0.15) is 11.9 Å². The highest BCUT2D eigenvalue weighted by atomic mass is 19.4. The predicted octanol–water partition coefficient (Wildman–Crippen LogP) is 3.04. The van der Waals surface area contributed by atoms with E-state index in [0.29, 0.717) is 0 Å². The van der Waals surface area contributed by atoms with Gasteiger partial charge in [0.15, 0.2) is 0 Å². The zero-order valence-electron chi connectivity index (χ0n) is 17.3. The van der Waals surface area contributed by atoms with Gasteiger partial charge < -0.3 is 10.4 Å². The van der Waals surface area contributed by atoms with E-state index in [1.807, 2.05) is 0 Å². The number of rotatable bonds is 5. The number of carbonyl (C=O) groups excluding carboxylic acids is 2. The highest BCUT2D eigenvalue weighted by molar-refractivity contribution is 5.96. The molecule has 0 bridgehead atoms. The molecule has 2 aromatic rings. The SMILES string of the molecule is Cc1c(NC(C(=O)NNC(=O)c2ccc(F)cc2)C(C)(C)O)ccc(C#N)c1C(F)(F)F. The highest BCUT2D eigenvalue weighted by Crippen LogP contribution is 2.37. The molecule has 0 aromatic heterocycles. The molecule has 0 saturated heterocycles. The number of aliphatic hydroxyl groups is 1. The standard InChI is InChI=1S/C21H20F4N4O3/c1-11-15(9-6-13(10-26)16(11)21(23,24)25)27-17(20(2,3)32)19(31)29-28-18(30)12-4-7-14(22)8-5-12/h4-9,17,27,32H,1-3H3,(H,28,30)(H,29,31). The van der Waals surface area contributed by atoms with Crippen LogP contribution in [0.2, 0.25) is 0 Å². The first-order valence-corrected chi connectivity index (χ1v) is 9.21. The summed E-state index contributed by atoms with van der Waals surface area (Å²) >= 11 is 0. The summed E-state index contributed by atoms with van der Waals surface area (Å²) in [6.07, 6.45) is -4.82. The number of hydrogen-bond donors (Lipinski definition) is 4. The lowest BCUT2D eigenvalue weighted by Gasteiger charge is -2.31. The molecular formula is C21H20F4N4O3. The van der Waals surface area contributed by atoms with Gasteiger partial charge in [0.05, 0.1) is 22.8 Å². The molecule has 0 aliphatic rings. The van der Waals surface area contributed by atoms with Crippen molar-refractivity contribution in [1.29, 1.82) is 5.26 Å². The molecule has 0 spiro atoms. The number of anilines is 1. The third-order valence-electron chi connectivity index (χ3n) is 4.54. The molecule has 2 amide bonds. The first kappa shape index (κ1) is 24.6. The number of halogens is 4. The van der Waals surface area contributed by atoms with Crippen LogP contribution in [-0.4, -0.2) is 28.6 Å². The Hall–Kier alpha value is -3.65. The fourth-order valence-corrected chi connectivity index (χ4v) is 2.91. The maximum Gasteiger partial charge on any atom is 0.418 e. The zero-order valence-corrected chi connectivity index (χ0v) is 17.3. The van der Waals surface area contributed by atoms with Crippen molar-refractivity contribution in [2.45, 2.75) is 38.6 Å². The molecule has 170 valence electrons. The molecule has 0 saturated carbocycles. The van der Waals surface area contributed by atoms with Gasteiger partial charge in [0, 0.05) is 11.3 Å². The number of hydrazine groups is 1. The molecule has 4 N–H and O–H groups in total. The van der Waals surface area contributed by atoms with Crippen LogP contribution in [0.15, 0.2) is 36.4 Å². The second kappa shape index (κ2) is 9.23. The van der Waals surface area contributed by atoms with E-state index in [0.717, 1.165) is 25.1 Å². The summed E-state index contributed by atoms with van der Waals surface area (Å²) in [6.45, 7) is 3.62. The Bertz CT molecular complexity index is 1050. The van der Waals surface area contributed by atoms with Crippen molar-refractivity contribution in [2.24, 2.45) is 0 Å². The van der Waals surface area contributed by atoms with Gasteiger partial charge in [-0.2, -0.15) is 18.4 Å². The van der Waals surface area contributed by atoms with Crippen LogP contribution in [0.1, 0.15) is 40.9 Å². The molecule has 0 radical (unpaired) electrons. The Labute approximate surface area is 181 Å². The molecule has 0 aliphatic carbocycles. The Morgan fingerprint density at radius 3 is 2.16 bits per heavy atom. The molecular weight excluding hydrogens is 432 g/mol. The summed E-state index contributed by atoms with van der Waals surface area (Å²) in [5.74, 6) is -2.29. The summed E-state index contributed by atoms with van der Waals surface area (Å²) in [7, 11) is 0. The summed E-state index contributed by atoms with van der Waals surface area (Å²) in [4.78, 5) is 24.7. The third kappa shape index (κ3) is 5.73. The molecule has 32 heavy (non-hydrogen) atoms. The smallest absolute Gasteiger partial charge is 0.388 e. The van der Waals surface area contributed by atoms with Crippen LogP contribution in [0.25, 0.3) is 0 Å². The predicted molar refractivity (Wildman–Crippen MR) is 107 cm³/mol. The first-order valence-electron chi connectivity index (χ1n) is 9.21. The van der Waals surface area contributed by atoms with Crippen LogP contribution >= 0.6 is 0 Å². The molecule has 2 rings (SSSR count). The molecule has 1 atom stereocenters. The van der Waals surface area contributed by atoms with Crippen molar-refractivity contribution in [2.75, 3.05) is 5.32 Å². The van der Waals surface area contributed by atoms with Crippen LogP contribution in [0, 0.1) is 24.1 Å². The largest absolute Gasteiger partial charge is 0.418 e. The van der Waals surface area contributed by atoms with Crippen molar-refractivity contribution in [3.63, 3.8) is 0 Å². The maximum atomic E-state index is 13.4. The van der Waals surface area contributed by atoms with Gasteiger partial charge >= 0.3 is 6.18 Å². The topological polar surface area (TPSA) is 114 Å². The van der Waals surface area contributed by atoms with E-state index in [2.05, 4.69) is 16.2 Å². The summed E-state index contributed by atoms with van der Waals surface area (Å²) in [5.41, 5.74) is 0.211. The maximum absolute atomic E-state index is 13.4. The Kier molecular flexibility index (Phi) is 7.10. The number of nitrogens with zero attached hydrogens (tertiary/aromatic N) is 1. The normalized spacial score (nSPS) is 12.5. The number of nitrogens with one attached hydrogen (secondary N) is 3. The fraction of sp³-hybridized carbons (Fsp3) is 0.286. The van der Waals surface area contributed by atoms with Gasteiger partial charge in [-0.1, -0.05) is 0 Å². The summed E-state index contributed by atoms with van der Waals surface area (Å²) < 4.78 is 53.2. The van der Waals surface area contributed by atoms with Crippen molar-refractivity contribution < 1.29 is 32.3 Å². The molecule has 0 aliphatic heterocycles. The van der Waals surface area contributed by atoms with Gasteiger partial charge in [0.25, 0.3) is 11.8 Å². The minimum atomic E-state index is -4.82. The van der Waals surface area contributed by atoms with Crippen molar-refractivity contribution in [3.8, 4) is 6.07 Å². The lowest BCUT2D eigenvalue weighted by molar-refractivity contribution is -0.138. The zero-order chi connectivity index (χ0) is 24.3. The minimum absolute atomic E-state index is 0.0391. The van der Waals surface area contributed by atoms with Gasteiger partial charge in [-0.15, -0.1) is 0 Å². The lowest BCUT2D eigenvalue weighted by Crippen LogP contribution is -2.56. The molecule has 11 heteroatoms. The Morgan fingerprint density at radius 1 is 1.06 bits per heavy atom. The van der Waals surface area contributed by atoms with Gasteiger partial charge in [0.2, 0.25) is 0 Å². The van der Waals surface area contributed by atoms with Gasteiger partial charge in [-0.3, -0.25) is 20.4 Å².